The van der Waals surface area contributed by atoms with E-state index in [4.69, 9.17) is 0 Å². The van der Waals surface area contributed by atoms with Crippen LogP contribution in [0.3, 0.4) is 0 Å². The number of para-hydroxylation sites is 1. The molecule has 0 aliphatic heterocycles. The van der Waals surface area contributed by atoms with E-state index < -0.39 is 0 Å². The van der Waals surface area contributed by atoms with E-state index in [1.54, 1.807) is 0 Å². The van der Waals surface area contributed by atoms with Crippen molar-refractivity contribution in [2.45, 2.75) is 26.7 Å². The Labute approximate surface area is 118 Å². The van der Waals surface area contributed by atoms with Gasteiger partial charge in [-0.15, -0.1) is 0 Å². The average molecular weight is 273 g/mol. The second-order valence-corrected chi connectivity index (χ2v) is 4.63. The van der Waals surface area contributed by atoms with Gasteiger partial charge in [-0.2, -0.15) is 5.10 Å². The number of rotatable bonds is 5. The molecule has 1 aromatic heterocycles. The standard InChI is InChI=1S/C15H19N3O2/c1-11-14(9-10-15(19)17-20-3)12(2)18(16-11)13-7-5-4-6-8-13/h4-8H,9-10H2,1-3H3,(H,17,19). The molecule has 20 heavy (non-hydrogen) atoms. The first-order chi connectivity index (χ1) is 9.63. The number of nitrogens with one attached hydrogen (secondary N) is 1. The number of benzene rings is 1. The summed E-state index contributed by atoms with van der Waals surface area (Å²) in [6, 6.07) is 9.97. The van der Waals surface area contributed by atoms with Crippen LogP contribution in [0.25, 0.3) is 5.69 Å². The zero-order chi connectivity index (χ0) is 14.5. The van der Waals surface area contributed by atoms with Gasteiger partial charge in [0, 0.05) is 12.1 Å². The Bertz CT molecular complexity index is 591. The minimum Gasteiger partial charge on any atom is -0.277 e. The highest BCUT2D eigenvalue weighted by Gasteiger charge is 2.13. The molecule has 0 aliphatic carbocycles. The van der Waals surface area contributed by atoms with Crippen molar-refractivity contribution in [3.05, 3.63) is 47.3 Å². The summed E-state index contributed by atoms with van der Waals surface area (Å²) in [6.45, 7) is 3.99. The molecule has 0 fully saturated rings. The SMILES string of the molecule is CONC(=O)CCc1c(C)nn(-c2ccccc2)c1C. The van der Waals surface area contributed by atoms with Crippen LogP contribution in [-0.4, -0.2) is 22.8 Å². The molecule has 2 rings (SSSR count). The molecule has 1 aromatic carbocycles. The maximum absolute atomic E-state index is 11.5. The highest BCUT2D eigenvalue weighted by atomic mass is 16.6. The van der Waals surface area contributed by atoms with Crippen LogP contribution in [0.15, 0.2) is 30.3 Å². The number of aromatic nitrogens is 2. The molecule has 1 N–H and O–H groups in total. The third kappa shape index (κ3) is 3.05. The first kappa shape index (κ1) is 14.3. The zero-order valence-electron chi connectivity index (χ0n) is 12.0. The monoisotopic (exact) mass is 273 g/mol. The lowest BCUT2D eigenvalue weighted by Crippen LogP contribution is -2.22. The fourth-order valence-corrected chi connectivity index (χ4v) is 2.26. The molecule has 2 aromatic rings. The fraction of sp³-hybridized carbons (Fsp3) is 0.333. The summed E-state index contributed by atoms with van der Waals surface area (Å²) >= 11 is 0. The number of carbonyl (C=O) groups is 1. The van der Waals surface area contributed by atoms with Crippen LogP contribution in [-0.2, 0) is 16.1 Å². The molecule has 0 saturated carbocycles. The number of hydrogen-bond acceptors (Lipinski definition) is 3. The first-order valence-corrected chi connectivity index (χ1v) is 6.56. The topological polar surface area (TPSA) is 56.1 Å². The maximum atomic E-state index is 11.5. The minimum atomic E-state index is -0.126. The molecule has 1 heterocycles. The second-order valence-electron chi connectivity index (χ2n) is 4.63. The van der Waals surface area contributed by atoms with E-state index in [0.717, 1.165) is 22.6 Å². The van der Waals surface area contributed by atoms with Crippen LogP contribution in [0.1, 0.15) is 23.4 Å². The van der Waals surface area contributed by atoms with Gasteiger partial charge in [0.2, 0.25) is 5.91 Å². The summed E-state index contributed by atoms with van der Waals surface area (Å²) in [5, 5.41) is 4.56. The summed E-state index contributed by atoms with van der Waals surface area (Å²) in [5.41, 5.74) is 6.49. The molecule has 5 heteroatoms. The third-order valence-electron chi connectivity index (χ3n) is 3.26. The lowest BCUT2D eigenvalue weighted by molar-refractivity contribution is -0.131. The summed E-state index contributed by atoms with van der Waals surface area (Å²) < 4.78 is 1.92. The molecule has 0 unspecified atom stereocenters. The number of amides is 1. The highest BCUT2D eigenvalue weighted by molar-refractivity contribution is 5.75. The van der Waals surface area contributed by atoms with Gasteiger partial charge in [-0.25, -0.2) is 10.2 Å². The van der Waals surface area contributed by atoms with Gasteiger partial charge >= 0.3 is 0 Å². The van der Waals surface area contributed by atoms with Gasteiger partial charge in [-0.05, 0) is 38.0 Å². The third-order valence-corrected chi connectivity index (χ3v) is 3.26. The van der Waals surface area contributed by atoms with Crippen molar-refractivity contribution in [1.82, 2.24) is 15.3 Å². The fourth-order valence-electron chi connectivity index (χ4n) is 2.26. The summed E-state index contributed by atoms with van der Waals surface area (Å²) in [6.07, 6.45) is 1.04. The molecule has 0 radical (unpaired) electrons. The van der Waals surface area contributed by atoms with E-state index in [0.29, 0.717) is 12.8 Å². The van der Waals surface area contributed by atoms with Crippen LogP contribution in [0.2, 0.25) is 0 Å². The number of nitrogens with zero attached hydrogens (tertiary/aromatic N) is 2. The maximum Gasteiger partial charge on any atom is 0.243 e. The largest absolute Gasteiger partial charge is 0.277 e. The molecule has 5 nitrogen and oxygen atoms in total. The van der Waals surface area contributed by atoms with Crippen LogP contribution in [0.4, 0.5) is 0 Å². The van der Waals surface area contributed by atoms with Crippen molar-refractivity contribution >= 4 is 5.91 Å². The zero-order valence-corrected chi connectivity index (χ0v) is 12.0. The average Bonchev–Trinajstić information content (AvgIpc) is 2.73. The van der Waals surface area contributed by atoms with E-state index in [9.17, 15) is 4.79 Å². The van der Waals surface area contributed by atoms with E-state index >= 15 is 0 Å². The highest BCUT2D eigenvalue weighted by Crippen LogP contribution is 2.19. The first-order valence-electron chi connectivity index (χ1n) is 6.56. The van der Waals surface area contributed by atoms with Crippen LogP contribution < -0.4 is 5.48 Å². The van der Waals surface area contributed by atoms with Crippen molar-refractivity contribution in [2.24, 2.45) is 0 Å². The lowest BCUT2D eigenvalue weighted by atomic mass is 10.1. The number of aryl methyl sites for hydroxylation is 1. The smallest absolute Gasteiger partial charge is 0.243 e. The quantitative estimate of drug-likeness (QED) is 0.849. The normalized spacial score (nSPS) is 10.6. The van der Waals surface area contributed by atoms with Gasteiger partial charge in [-0.3, -0.25) is 9.63 Å². The molecule has 0 saturated heterocycles. The van der Waals surface area contributed by atoms with Crippen LogP contribution >= 0.6 is 0 Å². The molecule has 0 bridgehead atoms. The Morgan fingerprint density at radius 3 is 2.65 bits per heavy atom. The number of hydrogen-bond donors (Lipinski definition) is 1. The Morgan fingerprint density at radius 1 is 1.30 bits per heavy atom. The van der Waals surface area contributed by atoms with Crippen LogP contribution in [0.5, 0.6) is 0 Å². The van der Waals surface area contributed by atoms with Crippen molar-refractivity contribution in [2.75, 3.05) is 7.11 Å². The summed E-state index contributed by atoms with van der Waals surface area (Å²) in [7, 11) is 1.43. The van der Waals surface area contributed by atoms with Crippen molar-refractivity contribution < 1.29 is 9.63 Å². The minimum absolute atomic E-state index is 0.126. The Morgan fingerprint density at radius 2 is 2.00 bits per heavy atom. The van der Waals surface area contributed by atoms with Crippen LogP contribution in [0, 0.1) is 13.8 Å². The number of hydroxylamine groups is 1. The van der Waals surface area contributed by atoms with E-state index in [2.05, 4.69) is 15.4 Å². The van der Waals surface area contributed by atoms with Gasteiger partial charge in [0.25, 0.3) is 0 Å². The molecule has 106 valence electrons. The molecule has 0 spiro atoms. The molecular formula is C15H19N3O2. The molecule has 1 amide bonds. The predicted octanol–water partition coefficient (Wildman–Crippen LogP) is 2.10. The number of carbonyl (C=O) groups excluding carboxylic acids is 1. The van der Waals surface area contributed by atoms with Gasteiger partial charge in [0.15, 0.2) is 0 Å². The molecular weight excluding hydrogens is 254 g/mol. The lowest BCUT2D eigenvalue weighted by Gasteiger charge is -2.05. The van der Waals surface area contributed by atoms with Crippen molar-refractivity contribution in [1.29, 1.82) is 0 Å². The Balaban J connectivity index is 2.19. The van der Waals surface area contributed by atoms with Gasteiger partial charge in [-0.1, -0.05) is 18.2 Å². The van der Waals surface area contributed by atoms with E-state index in [1.807, 2.05) is 48.9 Å². The van der Waals surface area contributed by atoms with Gasteiger partial charge in [0.1, 0.15) is 0 Å². The Hall–Kier alpha value is -2.14. The van der Waals surface area contributed by atoms with Crippen molar-refractivity contribution in [3.63, 3.8) is 0 Å². The van der Waals surface area contributed by atoms with E-state index in [1.165, 1.54) is 7.11 Å². The van der Waals surface area contributed by atoms with Crippen molar-refractivity contribution in [3.8, 4) is 5.69 Å². The molecule has 0 aliphatic rings. The predicted molar refractivity (Wildman–Crippen MR) is 76.5 cm³/mol. The molecule has 0 atom stereocenters. The Kier molecular flexibility index (Phi) is 4.53. The summed E-state index contributed by atoms with van der Waals surface area (Å²) in [4.78, 5) is 16.1. The summed E-state index contributed by atoms with van der Waals surface area (Å²) in [5.74, 6) is -0.126. The van der Waals surface area contributed by atoms with Gasteiger partial charge < -0.3 is 0 Å². The second kappa shape index (κ2) is 6.34. The van der Waals surface area contributed by atoms with E-state index in [-0.39, 0.29) is 5.91 Å². The van der Waals surface area contributed by atoms with Gasteiger partial charge in [0.05, 0.1) is 18.5 Å².